The van der Waals surface area contributed by atoms with Gasteiger partial charge in [0, 0.05) is 12.7 Å². The number of ether oxygens (including phenoxy) is 1. The van der Waals surface area contributed by atoms with Crippen molar-refractivity contribution in [2.75, 3.05) is 19.8 Å². The number of amides is 1. The number of nitrogens with one attached hydrogen (secondary N) is 1. The molecule has 0 aromatic rings. The van der Waals surface area contributed by atoms with Crippen LogP contribution in [0, 0.1) is 0 Å². The van der Waals surface area contributed by atoms with Crippen molar-refractivity contribution in [2.45, 2.75) is 6.42 Å². The first-order valence-corrected chi connectivity index (χ1v) is 4.06. The van der Waals surface area contributed by atoms with Gasteiger partial charge in [-0.05, 0) is 0 Å². The van der Waals surface area contributed by atoms with Crippen LogP contribution in [-0.4, -0.2) is 31.7 Å². The number of carbonyl (C=O) groups is 2. The molecule has 0 saturated heterocycles. The van der Waals surface area contributed by atoms with Crippen LogP contribution in [0.3, 0.4) is 0 Å². The Labute approximate surface area is 67.9 Å². The fourth-order valence-electron chi connectivity index (χ4n) is 0.478. The molecule has 0 aliphatic heterocycles. The van der Waals surface area contributed by atoms with E-state index < -0.39 is 0 Å². The van der Waals surface area contributed by atoms with E-state index in [9.17, 15) is 9.59 Å². The van der Waals surface area contributed by atoms with Crippen molar-refractivity contribution in [3.63, 3.8) is 0 Å². The van der Waals surface area contributed by atoms with Crippen molar-refractivity contribution in [1.82, 2.24) is 5.32 Å². The monoisotopic (exact) mass is 177 g/mol. The van der Waals surface area contributed by atoms with Gasteiger partial charge >= 0.3 is 5.97 Å². The Kier molecular flexibility index (Phi) is 5.75. The summed E-state index contributed by atoms with van der Waals surface area (Å²) < 4.78 is 4.37. The lowest BCUT2D eigenvalue weighted by Crippen LogP contribution is -2.26. The second-order valence-corrected chi connectivity index (χ2v) is 2.29. The SMILES string of the molecule is COC(=O)CCNC(=O)CP. The van der Waals surface area contributed by atoms with Gasteiger partial charge in [0.05, 0.1) is 13.5 Å². The first kappa shape index (κ1) is 10.4. The fourth-order valence-corrected chi connectivity index (χ4v) is 0.623. The highest BCUT2D eigenvalue weighted by molar-refractivity contribution is 7.18. The van der Waals surface area contributed by atoms with Crippen LogP contribution in [0.2, 0.25) is 0 Å². The maximum Gasteiger partial charge on any atom is 0.307 e. The molecule has 64 valence electrons. The predicted molar refractivity (Wildman–Crippen MR) is 44.2 cm³/mol. The smallest absolute Gasteiger partial charge is 0.307 e. The summed E-state index contributed by atoms with van der Waals surface area (Å²) in [6.45, 7) is 0.347. The molecule has 0 spiro atoms. The molecular weight excluding hydrogens is 165 g/mol. The van der Waals surface area contributed by atoms with Gasteiger partial charge in [-0.15, -0.1) is 9.24 Å². The maximum absolute atomic E-state index is 10.6. The van der Waals surface area contributed by atoms with Crippen molar-refractivity contribution in [3.8, 4) is 0 Å². The number of hydrogen-bond acceptors (Lipinski definition) is 3. The van der Waals surface area contributed by atoms with Crippen LogP contribution >= 0.6 is 9.24 Å². The van der Waals surface area contributed by atoms with Crippen LogP contribution in [-0.2, 0) is 14.3 Å². The molecule has 1 N–H and O–H groups in total. The van der Waals surface area contributed by atoms with Gasteiger partial charge < -0.3 is 10.1 Å². The summed E-state index contributed by atoms with van der Waals surface area (Å²) in [5.74, 6) is -0.395. The maximum atomic E-state index is 10.6. The minimum absolute atomic E-state index is 0.0843. The van der Waals surface area contributed by atoms with Crippen LogP contribution in [0.25, 0.3) is 0 Å². The second kappa shape index (κ2) is 6.10. The zero-order chi connectivity index (χ0) is 8.69. The topological polar surface area (TPSA) is 55.4 Å². The van der Waals surface area contributed by atoms with Gasteiger partial charge in [0.25, 0.3) is 0 Å². The number of esters is 1. The second-order valence-electron chi connectivity index (χ2n) is 1.88. The number of carbonyl (C=O) groups excluding carboxylic acids is 2. The summed E-state index contributed by atoms with van der Waals surface area (Å²) in [6, 6.07) is 0. The third-order valence-corrected chi connectivity index (χ3v) is 1.44. The molecule has 4 nitrogen and oxygen atoms in total. The summed E-state index contributed by atoms with van der Waals surface area (Å²) in [6.07, 6.45) is 0.591. The predicted octanol–water partition coefficient (Wildman–Crippen LogP) is -0.459. The van der Waals surface area contributed by atoms with E-state index >= 15 is 0 Å². The normalized spacial score (nSPS) is 8.91. The van der Waals surface area contributed by atoms with Crippen LogP contribution in [0.5, 0.6) is 0 Å². The molecule has 5 heteroatoms. The van der Waals surface area contributed by atoms with Gasteiger partial charge in [-0.2, -0.15) is 0 Å². The van der Waals surface area contributed by atoms with Crippen LogP contribution in [0.1, 0.15) is 6.42 Å². The van der Waals surface area contributed by atoms with E-state index in [0.29, 0.717) is 12.7 Å². The Morgan fingerprint density at radius 1 is 1.55 bits per heavy atom. The molecule has 0 saturated carbocycles. The summed E-state index contributed by atoms with van der Waals surface area (Å²) in [5.41, 5.74) is 0. The van der Waals surface area contributed by atoms with Crippen molar-refractivity contribution >= 4 is 21.1 Å². The lowest BCUT2D eigenvalue weighted by Gasteiger charge is -2.00. The van der Waals surface area contributed by atoms with Gasteiger partial charge in [0.15, 0.2) is 0 Å². The first-order chi connectivity index (χ1) is 5.20. The van der Waals surface area contributed by atoms with E-state index in [1.807, 2.05) is 0 Å². The van der Waals surface area contributed by atoms with Gasteiger partial charge in [-0.1, -0.05) is 0 Å². The summed E-state index contributed by atoms with van der Waals surface area (Å²) in [4.78, 5) is 21.1. The fraction of sp³-hybridized carbons (Fsp3) is 0.667. The highest BCUT2D eigenvalue weighted by Crippen LogP contribution is 1.83. The molecule has 11 heavy (non-hydrogen) atoms. The molecule has 1 atom stereocenters. The van der Waals surface area contributed by atoms with Crippen LogP contribution in [0.4, 0.5) is 0 Å². The quantitative estimate of drug-likeness (QED) is 0.467. The van der Waals surface area contributed by atoms with Crippen molar-refractivity contribution in [3.05, 3.63) is 0 Å². The molecule has 0 aliphatic rings. The highest BCUT2D eigenvalue weighted by Gasteiger charge is 2.00. The van der Waals surface area contributed by atoms with E-state index in [-0.39, 0.29) is 18.3 Å². The Bertz CT molecular complexity index is 133. The Morgan fingerprint density at radius 3 is 2.64 bits per heavy atom. The summed E-state index contributed by atoms with van der Waals surface area (Å²) >= 11 is 0. The summed E-state index contributed by atoms with van der Waals surface area (Å²) in [7, 11) is 3.62. The number of hydrogen-bond donors (Lipinski definition) is 1. The standard InChI is InChI=1S/C6H12NO3P/c1-10-6(9)2-3-7-5(8)4-11/h2-4,11H2,1H3,(H,7,8). The largest absolute Gasteiger partial charge is 0.469 e. The lowest BCUT2D eigenvalue weighted by molar-refractivity contribution is -0.140. The van der Waals surface area contributed by atoms with E-state index in [4.69, 9.17) is 0 Å². The molecule has 0 bridgehead atoms. The lowest BCUT2D eigenvalue weighted by atomic mass is 10.4. The zero-order valence-electron chi connectivity index (χ0n) is 6.42. The highest BCUT2D eigenvalue weighted by atomic mass is 31.0. The molecule has 0 aliphatic carbocycles. The molecule has 1 unspecified atom stereocenters. The van der Waals surface area contributed by atoms with Crippen LogP contribution < -0.4 is 5.32 Å². The molecule has 0 rings (SSSR count). The molecule has 0 radical (unpaired) electrons. The Balaban J connectivity index is 3.27. The average molecular weight is 177 g/mol. The van der Waals surface area contributed by atoms with Crippen molar-refractivity contribution in [2.24, 2.45) is 0 Å². The van der Waals surface area contributed by atoms with Gasteiger partial charge in [-0.3, -0.25) is 9.59 Å². The third-order valence-electron chi connectivity index (χ3n) is 1.06. The molecular formula is C6H12NO3P. The van der Waals surface area contributed by atoms with E-state index in [0.717, 1.165) is 0 Å². The average Bonchev–Trinajstić information content (AvgIpc) is 2.04. The molecule has 0 aromatic carbocycles. The number of rotatable bonds is 4. The number of methoxy groups -OCH3 is 1. The van der Waals surface area contributed by atoms with E-state index in [1.54, 1.807) is 0 Å². The van der Waals surface area contributed by atoms with Gasteiger partial charge in [0.2, 0.25) is 5.91 Å². The zero-order valence-corrected chi connectivity index (χ0v) is 7.58. The Morgan fingerprint density at radius 2 is 2.18 bits per heavy atom. The van der Waals surface area contributed by atoms with Gasteiger partial charge in [0.1, 0.15) is 0 Å². The van der Waals surface area contributed by atoms with Crippen molar-refractivity contribution in [1.29, 1.82) is 0 Å². The van der Waals surface area contributed by atoms with Crippen molar-refractivity contribution < 1.29 is 14.3 Å². The molecule has 0 aromatic heterocycles. The van der Waals surface area contributed by atoms with E-state index in [2.05, 4.69) is 19.3 Å². The minimum atomic E-state index is -0.311. The van der Waals surface area contributed by atoms with Crippen LogP contribution in [0.15, 0.2) is 0 Å². The molecule has 0 heterocycles. The minimum Gasteiger partial charge on any atom is -0.469 e. The van der Waals surface area contributed by atoms with Gasteiger partial charge in [-0.25, -0.2) is 0 Å². The van der Waals surface area contributed by atoms with E-state index in [1.165, 1.54) is 7.11 Å². The Hall–Kier alpha value is -0.630. The first-order valence-electron chi connectivity index (χ1n) is 3.24. The third kappa shape index (κ3) is 5.80. The molecule has 0 fully saturated rings. The summed E-state index contributed by atoms with van der Waals surface area (Å²) in [5, 5.41) is 2.54. The molecule has 1 amide bonds.